The molecular weight excluding hydrogens is 239 g/mol. The summed E-state index contributed by atoms with van der Waals surface area (Å²) in [4.78, 5) is 2.40. The van der Waals surface area contributed by atoms with Crippen LogP contribution < -0.4 is 5.32 Å². The van der Waals surface area contributed by atoms with Gasteiger partial charge in [0.05, 0.1) is 0 Å². The van der Waals surface area contributed by atoms with Gasteiger partial charge in [-0.15, -0.1) is 0 Å². The molecule has 3 heteroatoms. The van der Waals surface area contributed by atoms with Crippen LogP contribution in [0.5, 0.6) is 0 Å². The van der Waals surface area contributed by atoms with Gasteiger partial charge in [0.1, 0.15) is 5.82 Å². The summed E-state index contributed by atoms with van der Waals surface area (Å²) in [6.07, 6.45) is 4.85. The Labute approximate surface area is 115 Å². The van der Waals surface area contributed by atoms with Crippen LogP contribution in [0.15, 0.2) is 24.3 Å². The highest BCUT2D eigenvalue weighted by Gasteiger charge is 2.32. The molecule has 0 bridgehead atoms. The average Bonchev–Trinajstić information content (AvgIpc) is 2.35. The van der Waals surface area contributed by atoms with Gasteiger partial charge in [-0.05, 0) is 69.4 Å². The third-order valence-corrected chi connectivity index (χ3v) is 4.65. The van der Waals surface area contributed by atoms with Gasteiger partial charge in [0, 0.05) is 12.1 Å². The van der Waals surface area contributed by atoms with Crippen LogP contribution in [0.1, 0.15) is 37.2 Å². The highest BCUT2D eigenvalue weighted by atomic mass is 19.1. The van der Waals surface area contributed by atoms with Crippen LogP contribution in [0.25, 0.3) is 0 Å². The molecular formula is C16H23FN2. The van der Waals surface area contributed by atoms with Gasteiger partial charge in [0.15, 0.2) is 0 Å². The van der Waals surface area contributed by atoms with Crippen LogP contribution in [-0.2, 0) is 0 Å². The summed E-state index contributed by atoms with van der Waals surface area (Å²) in [7, 11) is 2.19. The summed E-state index contributed by atoms with van der Waals surface area (Å²) in [5.41, 5.74) is 1.17. The maximum absolute atomic E-state index is 13.2. The minimum atomic E-state index is -0.107. The van der Waals surface area contributed by atoms with Gasteiger partial charge in [0.25, 0.3) is 0 Å². The molecule has 3 rings (SSSR count). The van der Waals surface area contributed by atoms with Crippen LogP contribution in [0.3, 0.4) is 0 Å². The Morgan fingerprint density at radius 2 is 1.89 bits per heavy atom. The SMILES string of the molecule is CN1CCC(NC2CC(c3cccc(F)c3)C2)CC1. The van der Waals surface area contributed by atoms with Crippen molar-refractivity contribution in [3.05, 3.63) is 35.6 Å². The second kappa shape index (κ2) is 5.59. The summed E-state index contributed by atoms with van der Waals surface area (Å²) in [5.74, 6) is 0.448. The van der Waals surface area contributed by atoms with E-state index in [1.54, 1.807) is 6.07 Å². The summed E-state index contributed by atoms with van der Waals surface area (Å²) in [6, 6.07) is 8.42. The lowest BCUT2D eigenvalue weighted by molar-refractivity contribution is 0.192. The van der Waals surface area contributed by atoms with E-state index in [1.807, 2.05) is 6.07 Å². The first-order chi connectivity index (χ1) is 9.20. The number of piperidine rings is 1. The van der Waals surface area contributed by atoms with Crippen molar-refractivity contribution in [2.75, 3.05) is 20.1 Å². The second-order valence-corrected chi connectivity index (χ2v) is 6.16. The minimum absolute atomic E-state index is 0.107. The number of hydrogen-bond donors (Lipinski definition) is 1. The van der Waals surface area contributed by atoms with Gasteiger partial charge in [-0.1, -0.05) is 12.1 Å². The largest absolute Gasteiger partial charge is 0.311 e. The van der Waals surface area contributed by atoms with Gasteiger partial charge in [0.2, 0.25) is 0 Å². The van der Waals surface area contributed by atoms with Crippen LogP contribution >= 0.6 is 0 Å². The lowest BCUT2D eigenvalue weighted by atomic mass is 9.75. The van der Waals surface area contributed by atoms with Crippen molar-refractivity contribution < 1.29 is 4.39 Å². The van der Waals surface area contributed by atoms with E-state index < -0.39 is 0 Å². The van der Waals surface area contributed by atoms with Crippen LogP contribution in [0.4, 0.5) is 4.39 Å². The number of hydrogen-bond acceptors (Lipinski definition) is 2. The normalized spacial score (nSPS) is 29.2. The molecule has 2 nitrogen and oxygen atoms in total. The fraction of sp³-hybridized carbons (Fsp3) is 0.625. The Morgan fingerprint density at radius 3 is 2.58 bits per heavy atom. The van der Waals surface area contributed by atoms with Crippen molar-refractivity contribution in [3.63, 3.8) is 0 Å². The number of rotatable bonds is 3. The lowest BCUT2D eigenvalue weighted by Crippen LogP contribution is -2.49. The zero-order valence-corrected chi connectivity index (χ0v) is 11.6. The van der Waals surface area contributed by atoms with Gasteiger partial charge >= 0.3 is 0 Å². The van der Waals surface area contributed by atoms with Crippen LogP contribution in [0.2, 0.25) is 0 Å². The first kappa shape index (κ1) is 13.1. The molecule has 1 heterocycles. The Bertz CT molecular complexity index is 421. The smallest absolute Gasteiger partial charge is 0.123 e. The minimum Gasteiger partial charge on any atom is -0.311 e. The average molecular weight is 262 g/mol. The zero-order chi connectivity index (χ0) is 13.2. The topological polar surface area (TPSA) is 15.3 Å². The molecule has 1 N–H and O–H groups in total. The summed E-state index contributed by atoms with van der Waals surface area (Å²) in [5, 5.41) is 3.77. The van der Waals surface area contributed by atoms with Crippen molar-refractivity contribution in [1.29, 1.82) is 0 Å². The molecule has 2 fully saturated rings. The monoisotopic (exact) mass is 262 g/mol. The molecule has 0 amide bonds. The number of likely N-dealkylation sites (tertiary alicyclic amines) is 1. The fourth-order valence-electron chi connectivity index (χ4n) is 3.30. The van der Waals surface area contributed by atoms with Crippen molar-refractivity contribution in [1.82, 2.24) is 10.2 Å². The van der Waals surface area contributed by atoms with E-state index in [4.69, 9.17) is 0 Å². The molecule has 19 heavy (non-hydrogen) atoms. The van der Waals surface area contributed by atoms with E-state index in [0.717, 1.165) is 12.8 Å². The molecule has 0 spiro atoms. The van der Waals surface area contributed by atoms with E-state index in [0.29, 0.717) is 18.0 Å². The van der Waals surface area contributed by atoms with Crippen LogP contribution in [0, 0.1) is 5.82 Å². The van der Waals surface area contributed by atoms with Gasteiger partial charge in [-0.2, -0.15) is 0 Å². The van der Waals surface area contributed by atoms with Crippen molar-refractivity contribution >= 4 is 0 Å². The molecule has 1 saturated carbocycles. The summed E-state index contributed by atoms with van der Waals surface area (Å²) < 4.78 is 13.2. The predicted molar refractivity (Wildman–Crippen MR) is 75.8 cm³/mol. The number of benzene rings is 1. The summed E-state index contributed by atoms with van der Waals surface area (Å²) >= 11 is 0. The molecule has 0 aromatic heterocycles. The van der Waals surface area contributed by atoms with E-state index in [2.05, 4.69) is 23.3 Å². The molecule has 0 radical (unpaired) electrons. The van der Waals surface area contributed by atoms with Crippen molar-refractivity contribution in [3.8, 4) is 0 Å². The highest BCUT2D eigenvalue weighted by Crippen LogP contribution is 2.37. The predicted octanol–water partition coefficient (Wildman–Crippen LogP) is 2.76. The Hall–Kier alpha value is -0.930. The maximum Gasteiger partial charge on any atom is 0.123 e. The number of halogens is 1. The molecule has 2 aliphatic rings. The van der Waals surface area contributed by atoms with E-state index in [9.17, 15) is 4.39 Å². The van der Waals surface area contributed by atoms with Crippen molar-refractivity contribution in [2.45, 2.75) is 43.7 Å². The quantitative estimate of drug-likeness (QED) is 0.901. The summed E-state index contributed by atoms with van der Waals surface area (Å²) in [6.45, 7) is 2.41. The Balaban J connectivity index is 1.45. The molecule has 0 unspecified atom stereocenters. The first-order valence-corrected chi connectivity index (χ1v) is 7.41. The molecule has 1 aliphatic carbocycles. The maximum atomic E-state index is 13.2. The van der Waals surface area contributed by atoms with Crippen LogP contribution in [-0.4, -0.2) is 37.1 Å². The van der Waals surface area contributed by atoms with E-state index >= 15 is 0 Å². The standard InChI is InChI=1S/C16H23FN2/c1-19-7-5-15(6-8-19)18-16-10-13(11-16)12-3-2-4-14(17)9-12/h2-4,9,13,15-16,18H,5-8,10-11H2,1H3. The third-order valence-electron chi connectivity index (χ3n) is 4.65. The Morgan fingerprint density at radius 1 is 1.16 bits per heavy atom. The van der Waals surface area contributed by atoms with Gasteiger partial charge in [-0.25, -0.2) is 4.39 Å². The molecule has 1 aromatic rings. The first-order valence-electron chi connectivity index (χ1n) is 7.41. The Kier molecular flexibility index (Phi) is 3.85. The number of nitrogens with one attached hydrogen (secondary N) is 1. The zero-order valence-electron chi connectivity index (χ0n) is 11.6. The second-order valence-electron chi connectivity index (χ2n) is 6.16. The molecule has 104 valence electrons. The highest BCUT2D eigenvalue weighted by molar-refractivity contribution is 5.23. The fourth-order valence-corrected chi connectivity index (χ4v) is 3.30. The van der Waals surface area contributed by atoms with E-state index in [1.165, 1.54) is 37.6 Å². The molecule has 1 aliphatic heterocycles. The third kappa shape index (κ3) is 3.15. The molecule has 0 atom stereocenters. The number of nitrogens with zero attached hydrogens (tertiary/aromatic N) is 1. The molecule has 1 aromatic carbocycles. The van der Waals surface area contributed by atoms with Crippen molar-refractivity contribution in [2.24, 2.45) is 0 Å². The van der Waals surface area contributed by atoms with E-state index in [-0.39, 0.29) is 5.82 Å². The van der Waals surface area contributed by atoms with Gasteiger partial charge < -0.3 is 10.2 Å². The van der Waals surface area contributed by atoms with Gasteiger partial charge in [-0.3, -0.25) is 0 Å². The lowest BCUT2D eigenvalue weighted by Gasteiger charge is -2.40. The molecule has 1 saturated heterocycles.